The van der Waals surface area contributed by atoms with Gasteiger partial charge in [-0.1, -0.05) is 0 Å². The Labute approximate surface area is 87.6 Å². The van der Waals surface area contributed by atoms with Gasteiger partial charge in [0.15, 0.2) is 0 Å². The van der Waals surface area contributed by atoms with Crippen molar-refractivity contribution in [3.8, 4) is 0 Å². The molecule has 1 aliphatic heterocycles. The van der Waals surface area contributed by atoms with Crippen LogP contribution in [0.15, 0.2) is 0 Å². The van der Waals surface area contributed by atoms with E-state index in [9.17, 15) is 15.3 Å². The molecule has 7 heteroatoms. The average molecular weight is 230 g/mol. The van der Waals surface area contributed by atoms with Crippen LogP contribution in [0.3, 0.4) is 0 Å². The van der Waals surface area contributed by atoms with Crippen LogP contribution in [0.2, 0.25) is 0 Å². The summed E-state index contributed by atoms with van der Waals surface area (Å²) in [4.78, 5) is 0. The second-order valence-corrected chi connectivity index (χ2v) is 3.22. The lowest BCUT2D eigenvalue weighted by Crippen LogP contribution is -2.66. The minimum Gasteiger partial charge on any atom is -0.395 e. The highest BCUT2D eigenvalue weighted by Gasteiger charge is 2.41. The van der Waals surface area contributed by atoms with E-state index in [0.717, 1.165) is 0 Å². The third-order valence-electron chi connectivity index (χ3n) is 2.35. The number of hydrogen-bond donors (Lipinski definition) is 6. The van der Waals surface area contributed by atoms with Gasteiger partial charge in [-0.15, -0.1) is 12.4 Å². The quantitative estimate of drug-likeness (QED) is 0.298. The summed E-state index contributed by atoms with van der Waals surface area (Å²) in [5.74, 6) is 0. The van der Waals surface area contributed by atoms with Crippen LogP contribution in [0.5, 0.6) is 0 Å². The van der Waals surface area contributed by atoms with E-state index in [4.69, 9.17) is 10.2 Å². The van der Waals surface area contributed by atoms with Crippen molar-refractivity contribution in [2.24, 2.45) is 0 Å². The van der Waals surface area contributed by atoms with Gasteiger partial charge in [-0.25, -0.2) is 0 Å². The first-order chi connectivity index (χ1) is 6.11. The highest BCUT2D eigenvalue weighted by Crippen LogP contribution is 2.14. The van der Waals surface area contributed by atoms with E-state index in [-0.39, 0.29) is 25.6 Å². The van der Waals surface area contributed by atoms with Crippen LogP contribution in [-0.4, -0.2) is 69.1 Å². The Bertz CT molecular complexity index is 152. The number of aliphatic hydroxyl groups is 5. The van der Waals surface area contributed by atoms with Gasteiger partial charge in [0, 0.05) is 0 Å². The third kappa shape index (κ3) is 2.54. The van der Waals surface area contributed by atoms with E-state index in [0.29, 0.717) is 0 Å². The standard InChI is InChI=1S/C7H15NO5.ClH/c9-1-3-5(11)7(13)6(12)4(2-10)8-3;/h3-13H,1-2H2;1H/t3-,4-,5-,6+,7?;/m0./s1. The lowest BCUT2D eigenvalue weighted by Gasteiger charge is -2.40. The second-order valence-electron chi connectivity index (χ2n) is 3.22. The fourth-order valence-electron chi connectivity index (χ4n) is 1.47. The molecule has 86 valence electrons. The second kappa shape index (κ2) is 5.82. The van der Waals surface area contributed by atoms with E-state index in [1.54, 1.807) is 0 Å². The lowest BCUT2D eigenvalue weighted by molar-refractivity contribution is -0.125. The molecule has 0 saturated carbocycles. The van der Waals surface area contributed by atoms with Crippen molar-refractivity contribution in [3.63, 3.8) is 0 Å². The number of aliphatic hydroxyl groups excluding tert-OH is 5. The summed E-state index contributed by atoms with van der Waals surface area (Å²) in [6.07, 6.45) is -3.78. The summed E-state index contributed by atoms with van der Waals surface area (Å²) < 4.78 is 0. The molecule has 1 rings (SSSR count). The van der Waals surface area contributed by atoms with Crippen LogP contribution in [0.1, 0.15) is 0 Å². The van der Waals surface area contributed by atoms with Gasteiger partial charge in [0.25, 0.3) is 0 Å². The van der Waals surface area contributed by atoms with E-state index in [1.807, 2.05) is 0 Å². The smallest absolute Gasteiger partial charge is 0.109 e. The summed E-state index contributed by atoms with van der Waals surface area (Å²) in [6.45, 7) is -0.719. The SMILES string of the molecule is Cl.OC[C@@H]1N[C@@H](CO)[C@@H](O)C(O)[C@H]1O. The molecule has 6 nitrogen and oxygen atoms in total. The molecule has 1 fully saturated rings. The molecule has 0 bridgehead atoms. The topological polar surface area (TPSA) is 113 Å². The van der Waals surface area contributed by atoms with Crippen molar-refractivity contribution in [2.75, 3.05) is 13.2 Å². The molecule has 1 heterocycles. The van der Waals surface area contributed by atoms with Gasteiger partial charge in [-0.05, 0) is 0 Å². The summed E-state index contributed by atoms with van der Waals surface area (Å²) >= 11 is 0. The van der Waals surface area contributed by atoms with Gasteiger partial charge >= 0.3 is 0 Å². The van der Waals surface area contributed by atoms with Gasteiger partial charge in [0.1, 0.15) is 6.10 Å². The van der Waals surface area contributed by atoms with Crippen LogP contribution in [0.4, 0.5) is 0 Å². The first-order valence-corrected chi connectivity index (χ1v) is 4.13. The van der Waals surface area contributed by atoms with Crippen LogP contribution in [-0.2, 0) is 0 Å². The van der Waals surface area contributed by atoms with Crippen LogP contribution in [0, 0.1) is 0 Å². The molecule has 0 spiro atoms. The molecule has 5 atom stereocenters. The largest absolute Gasteiger partial charge is 0.395 e. The maximum absolute atomic E-state index is 9.31. The van der Waals surface area contributed by atoms with Crippen molar-refractivity contribution < 1.29 is 25.5 Å². The molecule has 0 amide bonds. The maximum atomic E-state index is 9.31. The molecule has 1 aliphatic rings. The normalized spacial score (nSPS) is 43.1. The van der Waals surface area contributed by atoms with E-state index in [2.05, 4.69) is 5.32 Å². The zero-order chi connectivity index (χ0) is 10.0. The van der Waals surface area contributed by atoms with Crippen molar-refractivity contribution in [2.45, 2.75) is 30.4 Å². The number of piperidine rings is 1. The molecule has 1 saturated heterocycles. The Kier molecular flexibility index (Phi) is 5.84. The minimum absolute atomic E-state index is 0. The molecule has 0 aromatic carbocycles. The fourth-order valence-corrected chi connectivity index (χ4v) is 1.47. The van der Waals surface area contributed by atoms with Crippen LogP contribution in [0.25, 0.3) is 0 Å². The third-order valence-corrected chi connectivity index (χ3v) is 2.35. The number of halogens is 1. The van der Waals surface area contributed by atoms with Gasteiger partial charge < -0.3 is 30.8 Å². The Balaban J connectivity index is 0.00000169. The van der Waals surface area contributed by atoms with Crippen molar-refractivity contribution in [3.05, 3.63) is 0 Å². The minimum atomic E-state index is -1.34. The molecule has 0 aromatic heterocycles. The van der Waals surface area contributed by atoms with Crippen molar-refractivity contribution >= 4 is 12.4 Å². The van der Waals surface area contributed by atoms with E-state index >= 15 is 0 Å². The van der Waals surface area contributed by atoms with Gasteiger partial charge in [0.05, 0.1) is 37.5 Å². The summed E-state index contributed by atoms with van der Waals surface area (Å²) in [6, 6.07) is -1.42. The maximum Gasteiger partial charge on any atom is 0.109 e. The lowest BCUT2D eigenvalue weighted by atomic mass is 9.91. The highest BCUT2D eigenvalue weighted by molar-refractivity contribution is 5.85. The van der Waals surface area contributed by atoms with E-state index in [1.165, 1.54) is 0 Å². The molecule has 6 N–H and O–H groups in total. The Morgan fingerprint density at radius 1 is 0.786 bits per heavy atom. The Morgan fingerprint density at radius 2 is 1.14 bits per heavy atom. The zero-order valence-corrected chi connectivity index (χ0v) is 8.26. The number of hydrogen-bond acceptors (Lipinski definition) is 6. The Morgan fingerprint density at radius 3 is 1.43 bits per heavy atom. The van der Waals surface area contributed by atoms with Gasteiger partial charge in [-0.2, -0.15) is 0 Å². The molecule has 14 heavy (non-hydrogen) atoms. The molecular formula is C7H16ClNO5. The molecule has 0 radical (unpaired) electrons. The zero-order valence-electron chi connectivity index (χ0n) is 7.45. The first kappa shape index (κ1) is 14.1. The fraction of sp³-hybridized carbons (Fsp3) is 1.00. The molecular weight excluding hydrogens is 214 g/mol. The molecule has 0 aromatic rings. The average Bonchev–Trinajstić information content (AvgIpc) is 2.15. The first-order valence-electron chi connectivity index (χ1n) is 4.13. The molecule has 1 unspecified atom stereocenters. The van der Waals surface area contributed by atoms with Gasteiger partial charge in [-0.3, -0.25) is 0 Å². The summed E-state index contributed by atoms with van der Waals surface area (Å²) in [5, 5.41) is 48.1. The van der Waals surface area contributed by atoms with E-state index < -0.39 is 30.4 Å². The van der Waals surface area contributed by atoms with Crippen molar-refractivity contribution in [1.29, 1.82) is 0 Å². The predicted molar refractivity (Wildman–Crippen MR) is 50.2 cm³/mol. The number of rotatable bonds is 2. The predicted octanol–water partition coefficient (Wildman–Crippen LogP) is -3.18. The monoisotopic (exact) mass is 229 g/mol. The van der Waals surface area contributed by atoms with Gasteiger partial charge in [0.2, 0.25) is 0 Å². The van der Waals surface area contributed by atoms with Crippen LogP contribution >= 0.6 is 12.4 Å². The van der Waals surface area contributed by atoms with Crippen LogP contribution < -0.4 is 5.32 Å². The molecule has 0 aliphatic carbocycles. The van der Waals surface area contributed by atoms with Crippen molar-refractivity contribution in [1.82, 2.24) is 5.32 Å². The number of nitrogens with one attached hydrogen (secondary N) is 1. The Hall–Kier alpha value is 0.0500. The summed E-state index contributed by atoms with van der Waals surface area (Å²) in [5.41, 5.74) is 0. The summed E-state index contributed by atoms with van der Waals surface area (Å²) in [7, 11) is 0. The highest BCUT2D eigenvalue weighted by atomic mass is 35.5.